The molecule has 4 N–H and O–H groups in total. The van der Waals surface area contributed by atoms with E-state index in [0.29, 0.717) is 11.3 Å². The molecule has 1 rings (SSSR count). The van der Waals surface area contributed by atoms with E-state index in [1.54, 1.807) is 23.9 Å². The lowest BCUT2D eigenvalue weighted by atomic mass is 10.2. The number of carbonyl (C=O) groups is 1. The van der Waals surface area contributed by atoms with Gasteiger partial charge in [0, 0.05) is 23.6 Å². The van der Waals surface area contributed by atoms with Crippen molar-refractivity contribution in [3.63, 3.8) is 0 Å². The molecular formula is C12H18N4O2S. The number of carbonyl (C=O) groups excluding carboxylic acids is 1. The van der Waals surface area contributed by atoms with Gasteiger partial charge >= 0.3 is 0 Å². The van der Waals surface area contributed by atoms with Gasteiger partial charge in [-0.05, 0) is 24.8 Å². The van der Waals surface area contributed by atoms with Crippen molar-refractivity contribution in [1.29, 1.82) is 0 Å². The second-order valence-electron chi connectivity index (χ2n) is 3.95. The number of thioether (sulfide) groups is 1. The molecule has 19 heavy (non-hydrogen) atoms. The van der Waals surface area contributed by atoms with E-state index < -0.39 is 0 Å². The van der Waals surface area contributed by atoms with Crippen LogP contribution < -0.4 is 11.1 Å². The monoisotopic (exact) mass is 282 g/mol. The van der Waals surface area contributed by atoms with E-state index in [1.807, 2.05) is 13.2 Å². The summed E-state index contributed by atoms with van der Waals surface area (Å²) in [6.07, 6.45) is 4.27. The minimum Gasteiger partial charge on any atom is -0.409 e. The molecule has 0 saturated carbocycles. The van der Waals surface area contributed by atoms with Gasteiger partial charge in [-0.1, -0.05) is 12.1 Å². The smallest absolute Gasteiger partial charge is 0.270 e. The van der Waals surface area contributed by atoms with Gasteiger partial charge in [-0.3, -0.25) is 9.78 Å². The fourth-order valence-corrected chi connectivity index (χ4v) is 2.18. The van der Waals surface area contributed by atoms with E-state index in [-0.39, 0.29) is 17.8 Å². The summed E-state index contributed by atoms with van der Waals surface area (Å²) in [5.74, 6) is 0.616. The molecule has 0 aliphatic heterocycles. The molecule has 0 aliphatic carbocycles. The molecule has 0 spiro atoms. The quantitative estimate of drug-likeness (QED) is 0.313. The third-order valence-corrected chi connectivity index (χ3v) is 3.33. The fourth-order valence-electron chi connectivity index (χ4n) is 1.46. The number of pyridine rings is 1. The maximum Gasteiger partial charge on any atom is 0.270 e. The number of oxime groups is 1. The van der Waals surface area contributed by atoms with Crippen molar-refractivity contribution in [2.24, 2.45) is 10.9 Å². The van der Waals surface area contributed by atoms with Gasteiger partial charge in [0.1, 0.15) is 5.69 Å². The molecule has 6 nitrogen and oxygen atoms in total. The average molecular weight is 282 g/mol. The molecule has 0 saturated heterocycles. The van der Waals surface area contributed by atoms with E-state index in [4.69, 9.17) is 10.9 Å². The highest BCUT2D eigenvalue weighted by Gasteiger charge is 2.13. The Balaban J connectivity index is 2.72. The van der Waals surface area contributed by atoms with E-state index in [2.05, 4.69) is 15.5 Å². The lowest BCUT2D eigenvalue weighted by Gasteiger charge is -2.15. The first-order chi connectivity index (χ1) is 9.12. The molecule has 0 fully saturated rings. The predicted octanol–water partition coefficient (Wildman–Crippen LogP) is 1.05. The van der Waals surface area contributed by atoms with Crippen LogP contribution >= 0.6 is 11.8 Å². The summed E-state index contributed by atoms with van der Waals surface area (Å²) in [7, 11) is 0. The number of nitrogens with two attached hydrogens (primary N) is 1. The Kier molecular flexibility index (Phi) is 6.14. The molecule has 0 bridgehead atoms. The van der Waals surface area contributed by atoms with Gasteiger partial charge < -0.3 is 16.3 Å². The van der Waals surface area contributed by atoms with Gasteiger partial charge in [-0.15, -0.1) is 0 Å². The van der Waals surface area contributed by atoms with Crippen LogP contribution in [0, 0.1) is 0 Å². The van der Waals surface area contributed by atoms with Gasteiger partial charge in [0.2, 0.25) is 0 Å². The predicted molar refractivity (Wildman–Crippen MR) is 76.7 cm³/mol. The first-order valence-electron chi connectivity index (χ1n) is 5.86. The fraction of sp³-hybridized carbons (Fsp3) is 0.417. The standard InChI is InChI=1S/C12H18N4O2S/c1-3-9(7-19-2)15-12(17)10-5-4-8(6-14-10)11(13)16-18/h4-6,9,18H,3,7H2,1-2H3,(H2,13,16)(H,15,17). The molecule has 1 amide bonds. The number of nitrogens with one attached hydrogen (secondary N) is 1. The Bertz CT molecular complexity index is 448. The molecule has 1 aromatic rings. The van der Waals surface area contributed by atoms with Crippen molar-refractivity contribution in [2.75, 3.05) is 12.0 Å². The van der Waals surface area contributed by atoms with Crippen LogP contribution in [0.15, 0.2) is 23.5 Å². The number of rotatable bonds is 6. The van der Waals surface area contributed by atoms with Gasteiger partial charge in [-0.2, -0.15) is 11.8 Å². The molecule has 1 aromatic heterocycles. The van der Waals surface area contributed by atoms with Crippen LogP contribution in [0.2, 0.25) is 0 Å². The molecule has 1 heterocycles. The first kappa shape index (κ1) is 15.3. The van der Waals surface area contributed by atoms with Crippen molar-refractivity contribution in [3.05, 3.63) is 29.6 Å². The van der Waals surface area contributed by atoms with Crippen LogP contribution in [0.3, 0.4) is 0 Å². The zero-order chi connectivity index (χ0) is 14.3. The van der Waals surface area contributed by atoms with Gasteiger partial charge in [-0.25, -0.2) is 0 Å². The normalized spacial score (nSPS) is 13.1. The molecule has 1 unspecified atom stereocenters. The largest absolute Gasteiger partial charge is 0.409 e. The molecular weight excluding hydrogens is 264 g/mol. The number of hydrogen-bond acceptors (Lipinski definition) is 5. The lowest BCUT2D eigenvalue weighted by molar-refractivity contribution is 0.0935. The summed E-state index contributed by atoms with van der Waals surface area (Å²) in [6.45, 7) is 2.02. The summed E-state index contributed by atoms with van der Waals surface area (Å²) < 4.78 is 0. The third kappa shape index (κ3) is 4.44. The Morgan fingerprint density at radius 1 is 1.63 bits per heavy atom. The third-order valence-electron chi connectivity index (χ3n) is 2.60. The summed E-state index contributed by atoms with van der Waals surface area (Å²) in [6, 6.07) is 3.27. The lowest BCUT2D eigenvalue weighted by Crippen LogP contribution is -2.36. The van der Waals surface area contributed by atoms with Crippen molar-refractivity contribution in [3.8, 4) is 0 Å². The average Bonchev–Trinajstić information content (AvgIpc) is 2.45. The summed E-state index contributed by atoms with van der Waals surface area (Å²) in [5.41, 5.74) is 6.20. The van der Waals surface area contributed by atoms with E-state index in [0.717, 1.165) is 12.2 Å². The summed E-state index contributed by atoms with van der Waals surface area (Å²) >= 11 is 1.69. The van der Waals surface area contributed by atoms with Crippen LogP contribution in [0.25, 0.3) is 0 Å². The summed E-state index contributed by atoms with van der Waals surface area (Å²) in [5, 5.41) is 14.3. The maximum atomic E-state index is 11.9. The highest BCUT2D eigenvalue weighted by molar-refractivity contribution is 7.98. The molecule has 0 aromatic carbocycles. The van der Waals surface area contributed by atoms with Gasteiger partial charge in [0.15, 0.2) is 5.84 Å². The molecule has 104 valence electrons. The van der Waals surface area contributed by atoms with Crippen LogP contribution in [-0.2, 0) is 0 Å². The topological polar surface area (TPSA) is 101 Å². The number of aromatic nitrogens is 1. The van der Waals surface area contributed by atoms with Gasteiger partial charge in [0.05, 0.1) is 0 Å². The number of hydrogen-bond donors (Lipinski definition) is 3. The second-order valence-corrected chi connectivity index (χ2v) is 4.86. The van der Waals surface area contributed by atoms with Crippen LogP contribution in [0.1, 0.15) is 29.4 Å². The van der Waals surface area contributed by atoms with E-state index >= 15 is 0 Å². The Morgan fingerprint density at radius 3 is 2.84 bits per heavy atom. The Hall–Kier alpha value is -1.76. The van der Waals surface area contributed by atoms with E-state index in [9.17, 15) is 4.79 Å². The van der Waals surface area contributed by atoms with Crippen molar-refractivity contribution >= 4 is 23.5 Å². The van der Waals surface area contributed by atoms with Crippen molar-refractivity contribution in [1.82, 2.24) is 10.3 Å². The maximum absolute atomic E-state index is 11.9. The highest BCUT2D eigenvalue weighted by atomic mass is 32.2. The molecule has 0 aliphatic rings. The van der Waals surface area contributed by atoms with Crippen LogP contribution in [-0.4, -0.2) is 40.0 Å². The number of nitrogens with zero attached hydrogens (tertiary/aromatic N) is 2. The molecule has 1 atom stereocenters. The Morgan fingerprint density at radius 2 is 2.37 bits per heavy atom. The SMILES string of the molecule is CCC(CSC)NC(=O)c1ccc(/C(N)=N/O)cn1. The molecule has 7 heteroatoms. The zero-order valence-corrected chi connectivity index (χ0v) is 11.8. The first-order valence-corrected chi connectivity index (χ1v) is 7.25. The Labute approximate surface area is 116 Å². The van der Waals surface area contributed by atoms with Gasteiger partial charge in [0.25, 0.3) is 5.91 Å². The minimum absolute atomic E-state index is 0.0340. The van der Waals surface area contributed by atoms with E-state index in [1.165, 1.54) is 6.20 Å². The number of amides is 1. The second kappa shape index (κ2) is 7.63. The highest BCUT2D eigenvalue weighted by Crippen LogP contribution is 2.04. The van der Waals surface area contributed by atoms with Crippen molar-refractivity contribution in [2.45, 2.75) is 19.4 Å². The summed E-state index contributed by atoms with van der Waals surface area (Å²) in [4.78, 5) is 16.0. The van der Waals surface area contributed by atoms with Crippen LogP contribution in [0.4, 0.5) is 0 Å². The van der Waals surface area contributed by atoms with Crippen LogP contribution in [0.5, 0.6) is 0 Å². The zero-order valence-electron chi connectivity index (χ0n) is 11.0. The minimum atomic E-state index is -0.216. The number of amidine groups is 1. The molecule has 0 radical (unpaired) electrons. The van der Waals surface area contributed by atoms with Crippen molar-refractivity contribution < 1.29 is 10.0 Å².